The van der Waals surface area contributed by atoms with Gasteiger partial charge in [-0.3, -0.25) is 0 Å². The lowest BCUT2D eigenvalue weighted by Gasteiger charge is -2.32. The zero-order valence-corrected chi connectivity index (χ0v) is 12.6. The third-order valence-corrected chi connectivity index (χ3v) is 4.29. The van der Waals surface area contributed by atoms with E-state index in [1.54, 1.807) is 12.1 Å². The molecule has 122 valence electrons. The summed E-state index contributed by atoms with van der Waals surface area (Å²) in [5.41, 5.74) is 1.42. The van der Waals surface area contributed by atoms with Crippen molar-refractivity contribution < 1.29 is 19.0 Å². The number of piperidine rings is 1. The predicted octanol–water partition coefficient (Wildman–Crippen LogP) is 3.01. The van der Waals surface area contributed by atoms with Crippen molar-refractivity contribution in [2.75, 3.05) is 18.0 Å². The molecule has 0 amide bonds. The quantitative estimate of drug-likeness (QED) is 0.914. The third kappa shape index (κ3) is 3.51. The molecule has 0 radical (unpaired) electrons. The van der Waals surface area contributed by atoms with Crippen molar-refractivity contribution in [3.63, 3.8) is 0 Å². The standard InChI is InChI=1S/C18H19F2NO2/c19-13-3-1-12(2-4-13)18(23)16-11-14(5-6-17(16)20)21-9-7-15(22)8-10-21/h1-6,11,15,18,22-23H,7-10H2. The van der Waals surface area contributed by atoms with Crippen LogP contribution in [0.1, 0.15) is 30.1 Å². The first-order valence-corrected chi connectivity index (χ1v) is 7.70. The van der Waals surface area contributed by atoms with Gasteiger partial charge in [0, 0.05) is 24.3 Å². The molecular formula is C18H19F2NO2. The molecule has 23 heavy (non-hydrogen) atoms. The summed E-state index contributed by atoms with van der Waals surface area (Å²) >= 11 is 0. The van der Waals surface area contributed by atoms with Crippen LogP contribution in [0.2, 0.25) is 0 Å². The molecule has 2 aromatic carbocycles. The number of hydrogen-bond acceptors (Lipinski definition) is 3. The fraction of sp³-hybridized carbons (Fsp3) is 0.333. The van der Waals surface area contributed by atoms with Gasteiger partial charge >= 0.3 is 0 Å². The van der Waals surface area contributed by atoms with Gasteiger partial charge in [-0.25, -0.2) is 8.78 Å². The van der Waals surface area contributed by atoms with Gasteiger partial charge in [0.05, 0.1) is 6.10 Å². The molecule has 5 heteroatoms. The van der Waals surface area contributed by atoms with Crippen LogP contribution in [0.5, 0.6) is 0 Å². The zero-order chi connectivity index (χ0) is 16.4. The van der Waals surface area contributed by atoms with Crippen LogP contribution < -0.4 is 4.90 Å². The van der Waals surface area contributed by atoms with E-state index >= 15 is 0 Å². The van der Waals surface area contributed by atoms with E-state index in [1.807, 2.05) is 0 Å². The molecule has 0 aromatic heterocycles. The highest BCUT2D eigenvalue weighted by Crippen LogP contribution is 2.29. The molecule has 1 aliphatic heterocycles. The average Bonchev–Trinajstić information content (AvgIpc) is 2.56. The Hall–Kier alpha value is -1.98. The number of rotatable bonds is 3. The molecule has 2 aromatic rings. The summed E-state index contributed by atoms with van der Waals surface area (Å²) in [7, 11) is 0. The maximum Gasteiger partial charge on any atom is 0.129 e. The maximum atomic E-state index is 14.1. The molecule has 2 N–H and O–H groups in total. The molecule has 0 bridgehead atoms. The van der Waals surface area contributed by atoms with Crippen LogP contribution in [-0.4, -0.2) is 29.4 Å². The molecular weight excluding hydrogens is 300 g/mol. The van der Waals surface area contributed by atoms with Crippen LogP contribution in [0.25, 0.3) is 0 Å². The smallest absolute Gasteiger partial charge is 0.129 e. The lowest BCUT2D eigenvalue weighted by Crippen LogP contribution is -2.35. The van der Waals surface area contributed by atoms with Gasteiger partial charge in [-0.05, 0) is 48.7 Å². The van der Waals surface area contributed by atoms with Gasteiger partial charge in [0.25, 0.3) is 0 Å². The van der Waals surface area contributed by atoms with Crippen LogP contribution in [0, 0.1) is 11.6 Å². The molecule has 1 fully saturated rings. The second-order valence-corrected chi connectivity index (χ2v) is 5.88. The second kappa shape index (κ2) is 6.64. The first-order valence-electron chi connectivity index (χ1n) is 7.70. The molecule has 1 unspecified atom stereocenters. The predicted molar refractivity (Wildman–Crippen MR) is 84.3 cm³/mol. The molecule has 1 saturated heterocycles. The van der Waals surface area contributed by atoms with Gasteiger partial charge in [-0.15, -0.1) is 0 Å². The monoisotopic (exact) mass is 319 g/mol. The van der Waals surface area contributed by atoms with Crippen molar-refractivity contribution in [1.82, 2.24) is 0 Å². The van der Waals surface area contributed by atoms with Crippen molar-refractivity contribution in [3.05, 3.63) is 65.2 Å². The highest BCUT2D eigenvalue weighted by Gasteiger charge is 2.20. The molecule has 1 aliphatic rings. The highest BCUT2D eigenvalue weighted by atomic mass is 19.1. The maximum absolute atomic E-state index is 14.1. The Balaban J connectivity index is 1.86. The SMILES string of the molecule is OC1CCN(c2ccc(F)c(C(O)c3ccc(F)cc3)c2)CC1. The van der Waals surface area contributed by atoms with Crippen LogP contribution in [0.15, 0.2) is 42.5 Å². The summed E-state index contributed by atoms with van der Waals surface area (Å²) in [6.45, 7) is 1.39. The Bertz CT molecular complexity index is 667. The fourth-order valence-corrected chi connectivity index (χ4v) is 2.89. The van der Waals surface area contributed by atoms with Gasteiger partial charge in [0.2, 0.25) is 0 Å². The van der Waals surface area contributed by atoms with E-state index in [-0.39, 0.29) is 11.7 Å². The van der Waals surface area contributed by atoms with E-state index in [0.717, 1.165) is 5.69 Å². The molecule has 1 heterocycles. The van der Waals surface area contributed by atoms with E-state index in [4.69, 9.17) is 0 Å². The Morgan fingerprint density at radius 1 is 1.00 bits per heavy atom. The average molecular weight is 319 g/mol. The fourth-order valence-electron chi connectivity index (χ4n) is 2.89. The van der Waals surface area contributed by atoms with Crippen molar-refractivity contribution in [2.24, 2.45) is 0 Å². The minimum atomic E-state index is -1.15. The Morgan fingerprint density at radius 3 is 2.30 bits per heavy atom. The lowest BCUT2D eigenvalue weighted by molar-refractivity contribution is 0.145. The minimum absolute atomic E-state index is 0.167. The first-order chi connectivity index (χ1) is 11.0. The third-order valence-electron chi connectivity index (χ3n) is 4.29. The first kappa shape index (κ1) is 15.9. The summed E-state index contributed by atoms with van der Waals surface area (Å²) in [5.74, 6) is -0.898. The number of aliphatic hydroxyl groups excluding tert-OH is 2. The summed E-state index contributed by atoms with van der Waals surface area (Å²) in [4.78, 5) is 2.06. The number of nitrogens with zero attached hydrogens (tertiary/aromatic N) is 1. The number of benzene rings is 2. The van der Waals surface area contributed by atoms with Gasteiger partial charge < -0.3 is 15.1 Å². The van der Waals surface area contributed by atoms with Crippen molar-refractivity contribution >= 4 is 5.69 Å². The number of anilines is 1. The Morgan fingerprint density at radius 2 is 1.65 bits per heavy atom. The summed E-state index contributed by atoms with van der Waals surface area (Å²) in [6, 6.07) is 10.0. The Labute approximate surface area is 133 Å². The van der Waals surface area contributed by atoms with Crippen LogP contribution in [-0.2, 0) is 0 Å². The van der Waals surface area contributed by atoms with E-state index in [2.05, 4.69) is 4.90 Å². The molecule has 3 nitrogen and oxygen atoms in total. The van der Waals surface area contributed by atoms with Crippen LogP contribution in [0.3, 0.4) is 0 Å². The molecule has 0 spiro atoms. The summed E-state index contributed by atoms with van der Waals surface area (Å²) < 4.78 is 27.1. The van der Waals surface area contributed by atoms with E-state index < -0.39 is 17.7 Å². The summed E-state index contributed by atoms with van der Waals surface area (Å²) in [5, 5.41) is 20.0. The molecule has 3 rings (SSSR count). The largest absolute Gasteiger partial charge is 0.393 e. The van der Waals surface area contributed by atoms with E-state index in [0.29, 0.717) is 31.5 Å². The lowest BCUT2D eigenvalue weighted by atomic mass is 9.99. The normalized spacial score (nSPS) is 17.3. The van der Waals surface area contributed by atoms with Crippen molar-refractivity contribution in [3.8, 4) is 0 Å². The van der Waals surface area contributed by atoms with Gasteiger partial charge in [0.1, 0.15) is 17.7 Å². The molecule has 0 aliphatic carbocycles. The van der Waals surface area contributed by atoms with E-state index in [1.165, 1.54) is 30.3 Å². The molecule has 0 saturated carbocycles. The number of halogens is 2. The van der Waals surface area contributed by atoms with Gasteiger partial charge in [-0.1, -0.05) is 12.1 Å². The number of hydrogen-bond donors (Lipinski definition) is 2. The van der Waals surface area contributed by atoms with Crippen molar-refractivity contribution in [2.45, 2.75) is 25.0 Å². The van der Waals surface area contributed by atoms with Crippen LogP contribution >= 0.6 is 0 Å². The Kier molecular flexibility index (Phi) is 4.59. The highest BCUT2D eigenvalue weighted by molar-refractivity contribution is 5.51. The van der Waals surface area contributed by atoms with Gasteiger partial charge in [-0.2, -0.15) is 0 Å². The zero-order valence-electron chi connectivity index (χ0n) is 12.6. The minimum Gasteiger partial charge on any atom is -0.393 e. The second-order valence-electron chi connectivity index (χ2n) is 5.88. The number of aliphatic hydroxyl groups is 2. The van der Waals surface area contributed by atoms with Crippen LogP contribution in [0.4, 0.5) is 14.5 Å². The van der Waals surface area contributed by atoms with E-state index in [9.17, 15) is 19.0 Å². The molecule has 1 atom stereocenters. The van der Waals surface area contributed by atoms with Gasteiger partial charge in [0.15, 0.2) is 0 Å². The topological polar surface area (TPSA) is 43.7 Å². The van der Waals surface area contributed by atoms with Crippen molar-refractivity contribution in [1.29, 1.82) is 0 Å². The summed E-state index contributed by atoms with van der Waals surface area (Å²) in [6.07, 6.45) is -0.0811.